The van der Waals surface area contributed by atoms with Crippen LogP contribution in [0.15, 0.2) is 54.9 Å². The highest BCUT2D eigenvalue weighted by Gasteiger charge is 2.15. The number of rotatable bonds is 4. The van der Waals surface area contributed by atoms with Gasteiger partial charge in [0.1, 0.15) is 12.2 Å². The highest BCUT2D eigenvalue weighted by atomic mass is 16.6. The summed E-state index contributed by atoms with van der Waals surface area (Å²) in [7, 11) is 0. The highest BCUT2D eigenvalue weighted by molar-refractivity contribution is 5.69. The Morgan fingerprint density at radius 3 is 2.73 bits per heavy atom. The van der Waals surface area contributed by atoms with Gasteiger partial charge in [0.05, 0.1) is 43.3 Å². The molecule has 0 radical (unpaired) electrons. The third-order valence-corrected chi connectivity index (χ3v) is 4.26. The van der Waals surface area contributed by atoms with Gasteiger partial charge in [-0.25, -0.2) is 0 Å². The zero-order valence-electron chi connectivity index (χ0n) is 14.2. The summed E-state index contributed by atoms with van der Waals surface area (Å²) in [5, 5.41) is 13.5. The summed E-state index contributed by atoms with van der Waals surface area (Å²) in [4.78, 5) is 4.36. The van der Waals surface area contributed by atoms with E-state index in [0.717, 1.165) is 22.5 Å². The Balaban J connectivity index is 1.53. The highest BCUT2D eigenvalue weighted by Crippen LogP contribution is 2.24. The first-order chi connectivity index (χ1) is 12.8. The molecule has 2 aromatic heterocycles. The minimum atomic E-state index is 0.0469. The molecule has 1 saturated heterocycles. The molecule has 0 bridgehead atoms. The maximum Gasteiger partial charge on any atom is 0.101 e. The van der Waals surface area contributed by atoms with Crippen LogP contribution in [-0.4, -0.2) is 40.7 Å². The molecule has 4 rings (SSSR count). The quantitative estimate of drug-likeness (QED) is 0.726. The number of benzene rings is 1. The fourth-order valence-electron chi connectivity index (χ4n) is 2.94. The van der Waals surface area contributed by atoms with Crippen molar-refractivity contribution in [3.63, 3.8) is 0 Å². The van der Waals surface area contributed by atoms with Gasteiger partial charge in [-0.3, -0.25) is 9.67 Å². The number of nitriles is 1. The summed E-state index contributed by atoms with van der Waals surface area (Å²) >= 11 is 0. The van der Waals surface area contributed by atoms with Crippen LogP contribution in [0.5, 0.6) is 0 Å². The maximum atomic E-state index is 8.89. The zero-order valence-corrected chi connectivity index (χ0v) is 14.2. The van der Waals surface area contributed by atoms with Crippen molar-refractivity contribution < 1.29 is 9.47 Å². The molecular formula is C20H18N4O2. The smallest absolute Gasteiger partial charge is 0.101 e. The van der Waals surface area contributed by atoms with Crippen LogP contribution in [0.1, 0.15) is 5.56 Å². The lowest BCUT2D eigenvalue weighted by Crippen LogP contribution is -2.32. The molecule has 1 fully saturated rings. The van der Waals surface area contributed by atoms with Crippen LogP contribution < -0.4 is 0 Å². The van der Waals surface area contributed by atoms with Crippen molar-refractivity contribution in [3.05, 3.63) is 60.4 Å². The molecule has 6 heteroatoms. The Hall–Kier alpha value is -3.01. The summed E-state index contributed by atoms with van der Waals surface area (Å²) in [5.41, 5.74) is 4.30. The van der Waals surface area contributed by atoms with Crippen molar-refractivity contribution in [1.82, 2.24) is 14.8 Å². The minimum absolute atomic E-state index is 0.0469. The molecule has 0 saturated carbocycles. The fraction of sp³-hybridized carbons (Fsp3) is 0.250. The van der Waals surface area contributed by atoms with Crippen LogP contribution in [0.25, 0.3) is 22.5 Å². The van der Waals surface area contributed by atoms with Gasteiger partial charge in [0.25, 0.3) is 0 Å². The molecule has 1 aliphatic heterocycles. The van der Waals surface area contributed by atoms with Gasteiger partial charge in [0.2, 0.25) is 0 Å². The van der Waals surface area contributed by atoms with Gasteiger partial charge in [-0.15, -0.1) is 0 Å². The molecule has 0 N–H and O–H groups in total. The SMILES string of the molecule is N#Cc1ccc(-c2cccc(-c3ccn(CC4COCCO4)n3)c2)nc1. The van der Waals surface area contributed by atoms with E-state index < -0.39 is 0 Å². The molecule has 1 aromatic carbocycles. The van der Waals surface area contributed by atoms with Crippen molar-refractivity contribution in [3.8, 4) is 28.6 Å². The Morgan fingerprint density at radius 1 is 1.12 bits per heavy atom. The van der Waals surface area contributed by atoms with E-state index in [9.17, 15) is 0 Å². The van der Waals surface area contributed by atoms with E-state index in [1.54, 1.807) is 12.3 Å². The van der Waals surface area contributed by atoms with E-state index in [1.807, 2.05) is 41.2 Å². The van der Waals surface area contributed by atoms with E-state index >= 15 is 0 Å². The van der Waals surface area contributed by atoms with Crippen LogP contribution in [0.3, 0.4) is 0 Å². The fourth-order valence-corrected chi connectivity index (χ4v) is 2.94. The molecule has 0 spiro atoms. The van der Waals surface area contributed by atoms with E-state index in [4.69, 9.17) is 14.7 Å². The van der Waals surface area contributed by atoms with E-state index in [1.165, 1.54) is 0 Å². The summed E-state index contributed by atoms with van der Waals surface area (Å²) in [5.74, 6) is 0. The summed E-state index contributed by atoms with van der Waals surface area (Å²) in [6.07, 6.45) is 3.59. The average Bonchev–Trinajstić information content (AvgIpc) is 3.17. The molecular weight excluding hydrogens is 328 g/mol. The predicted molar refractivity (Wildman–Crippen MR) is 96.2 cm³/mol. The van der Waals surface area contributed by atoms with Crippen LogP contribution in [0.2, 0.25) is 0 Å². The zero-order chi connectivity index (χ0) is 17.8. The lowest BCUT2D eigenvalue weighted by molar-refractivity contribution is -0.0946. The molecule has 0 aliphatic carbocycles. The minimum Gasteiger partial charge on any atom is -0.376 e. The van der Waals surface area contributed by atoms with E-state index in [-0.39, 0.29) is 6.10 Å². The predicted octanol–water partition coefficient (Wildman–Crippen LogP) is 2.90. The number of ether oxygens (including phenoxy) is 2. The first kappa shape index (κ1) is 16.5. The number of hydrogen-bond donors (Lipinski definition) is 0. The topological polar surface area (TPSA) is 73.0 Å². The molecule has 6 nitrogen and oxygen atoms in total. The van der Waals surface area contributed by atoms with Gasteiger partial charge in [-0.05, 0) is 24.3 Å². The second-order valence-electron chi connectivity index (χ2n) is 6.12. The standard InChI is InChI=1S/C20H18N4O2/c21-11-15-4-5-19(22-12-15)16-2-1-3-17(10-16)20-6-7-24(23-20)13-18-14-25-8-9-26-18/h1-7,10,12,18H,8-9,13-14H2. The Kier molecular flexibility index (Phi) is 4.73. The number of pyridine rings is 1. The average molecular weight is 346 g/mol. The Bertz CT molecular complexity index is 921. The first-order valence-corrected chi connectivity index (χ1v) is 8.51. The first-order valence-electron chi connectivity index (χ1n) is 8.51. The number of nitrogens with zero attached hydrogens (tertiary/aromatic N) is 4. The second-order valence-corrected chi connectivity index (χ2v) is 6.12. The molecule has 3 heterocycles. The van der Waals surface area contributed by atoms with Crippen LogP contribution in [-0.2, 0) is 16.0 Å². The van der Waals surface area contributed by atoms with Gasteiger partial charge < -0.3 is 9.47 Å². The van der Waals surface area contributed by atoms with Gasteiger partial charge in [0, 0.05) is 23.5 Å². The lowest BCUT2D eigenvalue weighted by atomic mass is 10.1. The number of hydrogen-bond acceptors (Lipinski definition) is 5. The van der Waals surface area contributed by atoms with E-state index in [2.05, 4.69) is 22.2 Å². The van der Waals surface area contributed by atoms with Crippen molar-refractivity contribution in [1.29, 1.82) is 5.26 Å². The third-order valence-electron chi connectivity index (χ3n) is 4.26. The molecule has 1 aliphatic rings. The maximum absolute atomic E-state index is 8.89. The van der Waals surface area contributed by atoms with E-state index in [0.29, 0.717) is 31.9 Å². The molecule has 3 aromatic rings. The monoisotopic (exact) mass is 346 g/mol. The summed E-state index contributed by atoms with van der Waals surface area (Å²) < 4.78 is 13.0. The summed E-state index contributed by atoms with van der Waals surface area (Å²) in [6.45, 7) is 2.58. The largest absolute Gasteiger partial charge is 0.376 e. The van der Waals surface area contributed by atoms with Gasteiger partial charge in [-0.2, -0.15) is 10.4 Å². The van der Waals surface area contributed by atoms with Crippen LogP contribution in [0, 0.1) is 11.3 Å². The second kappa shape index (κ2) is 7.48. The molecule has 130 valence electrons. The third kappa shape index (κ3) is 3.64. The van der Waals surface area contributed by atoms with Crippen molar-refractivity contribution >= 4 is 0 Å². The molecule has 26 heavy (non-hydrogen) atoms. The van der Waals surface area contributed by atoms with Gasteiger partial charge in [0.15, 0.2) is 0 Å². The van der Waals surface area contributed by atoms with Crippen LogP contribution >= 0.6 is 0 Å². The molecule has 1 unspecified atom stereocenters. The Labute approximate surface area is 151 Å². The Morgan fingerprint density at radius 2 is 2.00 bits per heavy atom. The van der Waals surface area contributed by atoms with Crippen molar-refractivity contribution in [2.75, 3.05) is 19.8 Å². The van der Waals surface area contributed by atoms with Gasteiger partial charge in [-0.1, -0.05) is 18.2 Å². The molecule has 0 amide bonds. The normalized spacial score (nSPS) is 17.0. The lowest BCUT2D eigenvalue weighted by Gasteiger charge is -2.22. The summed E-state index contributed by atoms with van der Waals surface area (Å²) in [6, 6.07) is 15.8. The van der Waals surface area contributed by atoms with Crippen LogP contribution in [0.4, 0.5) is 0 Å². The molecule has 1 atom stereocenters. The van der Waals surface area contributed by atoms with Crippen molar-refractivity contribution in [2.45, 2.75) is 12.6 Å². The van der Waals surface area contributed by atoms with Gasteiger partial charge >= 0.3 is 0 Å². The van der Waals surface area contributed by atoms with Crippen molar-refractivity contribution in [2.24, 2.45) is 0 Å². The number of aromatic nitrogens is 3.